The van der Waals surface area contributed by atoms with E-state index in [-0.39, 0.29) is 5.75 Å². The van der Waals surface area contributed by atoms with E-state index in [1.165, 1.54) is 11.8 Å². The summed E-state index contributed by atoms with van der Waals surface area (Å²) in [7, 11) is -1.29. The first kappa shape index (κ1) is 15.5. The van der Waals surface area contributed by atoms with E-state index in [0.29, 0.717) is 19.0 Å². The van der Waals surface area contributed by atoms with Gasteiger partial charge in [-0.15, -0.1) is 0 Å². The van der Waals surface area contributed by atoms with E-state index in [1.807, 2.05) is 19.1 Å². The zero-order chi connectivity index (χ0) is 14.3. The lowest BCUT2D eigenvalue weighted by Crippen LogP contribution is -2.39. The average molecular weight is 283 g/mol. The number of benzene rings is 1. The Labute approximate surface area is 115 Å². The van der Waals surface area contributed by atoms with Crippen LogP contribution in [0.25, 0.3) is 0 Å². The van der Waals surface area contributed by atoms with Crippen LogP contribution in [0.1, 0.15) is 11.1 Å². The van der Waals surface area contributed by atoms with Gasteiger partial charge in [0, 0.05) is 26.4 Å². The maximum Gasteiger partial charge on any atom is 0.191 e. The lowest BCUT2D eigenvalue weighted by Gasteiger charge is -2.11. The fourth-order valence-electron chi connectivity index (χ4n) is 1.47. The number of nitrogens with one attached hydrogen (secondary N) is 2. The van der Waals surface area contributed by atoms with Gasteiger partial charge >= 0.3 is 0 Å². The van der Waals surface area contributed by atoms with E-state index in [9.17, 15) is 8.42 Å². The number of guanidine groups is 1. The van der Waals surface area contributed by atoms with Crippen LogP contribution >= 0.6 is 0 Å². The first-order valence-electron chi connectivity index (χ1n) is 6.08. The van der Waals surface area contributed by atoms with Crippen LogP contribution in [0.4, 0.5) is 0 Å². The number of aryl methyl sites for hydroxylation is 1. The molecular weight excluding hydrogens is 262 g/mol. The van der Waals surface area contributed by atoms with Crippen LogP contribution in [0, 0.1) is 6.92 Å². The fourth-order valence-corrected chi connectivity index (χ4v) is 1.94. The van der Waals surface area contributed by atoms with Gasteiger partial charge in [-0.25, -0.2) is 8.42 Å². The Hall–Kier alpha value is -1.56. The van der Waals surface area contributed by atoms with E-state index in [2.05, 4.69) is 27.8 Å². The molecule has 0 aliphatic carbocycles. The van der Waals surface area contributed by atoms with Crippen molar-refractivity contribution in [1.82, 2.24) is 10.6 Å². The maximum atomic E-state index is 11.0. The third-order valence-corrected chi connectivity index (χ3v) is 3.52. The van der Waals surface area contributed by atoms with Crippen LogP contribution in [0.5, 0.6) is 0 Å². The molecule has 19 heavy (non-hydrogen) atoms. The van der Waals surface area contributed by atoms with Gasteiger partial charge in [-0.3, -0.25) is 4.99 Å². The Balaban J connectivity index is 2.39. The van der Waals surface area contributed by atoms with Crippen LogP contribution in [0.2, 0.25) is 0 Å². The highest BCUT2D eigenvalue weighted by Crippen LogP contribution is 2.02. The van der Waals surface area contributed by atoms with Crippen molar-refractivity contribution < 1.29 is 8.42 Å². The van der Waals surface area contributed by atoms with Crippen molar-refractivity contribution in [2.24, 2.45) is 4.99 Å². The predicted molar refractivity (Wildman–Crippen MR) is 79.1 cm³/mol. The van der Waals surface area contributed by atoms with Crippen molar-refractivity contribution in [1.29, 1.82) is 0 Å². The normalized spacial score (nSPS) is 12.3. The SMILES string of the molecule is CN=C(NCCS(C)(=O)=O)NCc1ccc(C)cc1. The second-order valence-electron chi connectivity index (χ2n) is 4.47. The van der Waals surface area contributed by atoms with Crippen LogP contribution in [-0.4, -0.2) is 40.0 Å². The Kier molecular flexibility index (Phi) is 5.82. The summed E-state index contributed by atoms with van der Waals surface area (Å²) >= 11 is 0. The van der Waals surface area contributed by atoms with Crippen molar-refractivity contribution in [2.45, 2.75) is 13.5 Å². The van der Waals surface area contributed by atoms with Crippen molar-refractivity contribution in [2.75, 3.05) is 25.6 Å². The first-order valence-corrected chi connectivity index (χ1v) is 8.14. The molecule has 0 aromatic heterocycles. The topological polar surface area (TPSA) is 70.6 Å². The molecule has 0 radical (unpaired) electrons. The van der Waals surface area contributed by atoms with Crippen molar-refractivity contribution in [3.8, 4) is 0 Å². The molecule has 0 bridgehead atoms. The minimum absolute atomic E-state index is 0.0955. The van der Waals surface area contributed by atoms with Gasteiger partial charge in [-0.1, -0.05) is 29.8 Å². The Morgan fingerprint density at radius 3 is 2.37 bits per heavy atom. The second-order valence-corrected chi connectivity index (χ2v) is 6.73. The van der Waals surface area contributed by atoms with E-state index in [1.54, 1.807) is 7.05 Å². The molecule has 2 N–H and O–H groups in total. The van der Waals surface area contributed by atoms with E-state index in [4.69, 9.17) is 0 Å². The van der Waals surface area contributed by atoms with Crippen molar-refractivity contribution >= 4 is 15.8 Å². The molecule has 0 saturated heterocycles. The molecule has 106 valence electrons. The molecule has 1 aromatic rings. The molecule has 0 aliphatic heterocycles. The summed E-state index contributed by atoms with van der Waals surface area (Å²) in [4.78, 5) is 4.04. The van der Waals surface area contributed by atoms with Gasteiger partial charge in [0.2, 0.25) is 0 Å². The third kappa shape index (κ3) is 6.81. The lowest BCUT2D eigenvalue weighted by atomic mass is 10.1. The number of rotatable bonds is 5. The summed E-state index contributed by atoms with van der Waals surface area (Å²) in [5.74, 6) is 0.697. The zero-order valence-electron chi connectivity index (χ0n) is 11.6. The largest absolute Gasteiger partial charge is 0.355 e. The molecule has 0 heterocycles. The number of nitrogens with zero attached hydrogens (tertiary/aromatic N) is 1. The van der Waals surface area contributed by atoms with Crippen LogP contribution in [-0.2, 0) is 16.4 Å². The van der Waals surface area contributed by atoms with E-state index in [0.717, 1.165) is 5.56 Å². The van der Waals surface area contributed by atoms with Gasteiger partial charge in [0.15, 0.2) is 5.96 Å². The smallest absolute Gasteiger partial charge is 0.191 e. The molecule has 1 rings (SSSR count). The highest BCUT2D eigenvalue weighted by atomic mass is 32.2. The number of sulfone groups is 1. The molecule has 1 aromatic carbocycles. The summed E-state index contributed by atoms with van der Waals surface area (Å²) in [5.41, 5.74) is 2.37. The monoisotopic (exact) mass is 283 g/mol. The van der Waals surface area contributed by atoms with Crippen molar-refractivity contribution in [3.05, 3.63) is 35.4 Å². The van der Waals surface area contributed by atoms with Gasteiger partial charge in [0.25, 0.3) is 0 Å². The quantitative estimate of drug-likeness (QED) is 0.616. The Bertz CT molecular complexity index is 521. The third-order valence-electron chi connectivity index (χ3n) is 2.57. The molecule has 0 aliphatic rings. The number of hydrogen-bond donors (Lipinski definition) is 2. The highest BCUT2D eigenvalue weighted by molar-refractivity contribution is 7.90. The lowest BCUT2D eigenvalue weighted by molar-refractivity contribution is 0.600. The molecule has 0 fully saturated rings. The van der Waals surface area contributed by atoms with Crippen LogP contribution in [0.3, 0.4) is 0 Å². The second kappa shape index (κ2) is 7.13. The average Bonchev–Trinajstić information content (AvgIpc) is 2.34. The standard InChI is InChI=1S/C13H21N3O2S/c1-11-4-6-12(7-5-11)10-16-13(14-2)15-8-9-19(3,17)18/h4-7H,8-10H2,1-3H3,(H2,14,15,16). The van der Waals surface area contributed by atoms with E-state index < -0.39 is 9.84 Å². The maximum absolute atomic E-state index is 11.0. The molecule has 5 nitrogen and oxygen atoms in total. The number of aliphatic imine (C=N–C) groups is 1. The Morgan fingerprint density at radius 1 is 1.21 bits per heavy atom. The predicted octanol–water partition coefficient (Wildman–Crippen LogP) is 0.705. The van der Waals surface area contributed by atoms with Crippen LogP contribution in [0.15, 0.2) is 29.3 Å². The van der Waals surface area contributed by atoms with Gasteiger partial charge in [-0.2, -0.15) is 0 Å². The summed E-state index contributed by atoms with van der Waals surface area (Å²) in [6.45, 7) is 3.05. The molecular formula is C13H21N3O2S. The minimum atomic E-state index is -2.95. The highest BCUT2D eigenvalue weighted by Gasteiger charge is 2.03. The molecule has 0 unspecified atom stereocenters. The Morgan fingerprint density at radius 2 is 1.84 bits per heavy atom. The molecule has 6 heteroatoms. The fraction of sp³-hybridized carbons (Fsp3) is 0.462. The summed E-state index contributed by atoms with van der Waals surface area (Å²) in [6, 6.07) is 8.20. The van der Waals surface area contributed by atoms with Gasteiger partial charge in [0.1, 0.15) is 9.84 Å². The summed E-state index contributed by atoms with van der Waals surface area (Å²) < 4.78 is 22.0. The van der Waals surface area contributed by atoms with Crippen LogP contribution < -0.4 is 10.6 Å². The van der Waals surface area contributed by atoms with E-state index >= 15 is 0 Å². The molecule has 0 spiro atoms. The minimum Gasteiger partial charge on any atom is -0.355 e. The van der Waals surface area contributed by atoms with Gasteiger partial charge < -0.3 is 10.6 Å². The zero-order valence-corrected chi connectivity index (χ0v) is 12.4. The number of hydrogen-bond acceptors (Lipinski definition) is 3. The molecule has 0 saturated carbocycles. The van der Waals surface area contributed by atoms with Gasteiger partial charge in [0.05, 0.1) is 5.75 Å². The first-order chi connectivity index (χ1) is 8.90. The van der Waals surface area contributed by atoms with Gasteiger partial charge in [-0.05, 0) is 12.5 Å². The van der Waals surface area contributed by atoms with Crippen molar-refractivity contribution in [3.63, 3.8) is 0 Å². The molecule has 0 atom stereocenters. The summed E-state index contributed by atoms with van der Waals surface area (Å²) in [5, 5.41) is 6.10. The molecule has 0 amide bonds. The summed E-state index contributed by atoms with van der Waals surface area (Å²) in [6.07, 6.45) is 1.22.